The SMILES string of the molecule is O=C(O)NC1CCN(C2CCOC2)CC1. The van der Waals surface area contributed by atoms with Gasteiger partial charge in [-0.1, -0.05) is 0 Å². The number of piperidine rings is 1. The number of hydrogen-bond acceptors (Lipinski definition) is 3. The van der Waals surface area contributed by atoms with E-state index in [2.05, 4.69) is 10.2 Å². The van der Waals surface area contributed by atoms with Crippen LogP contribution in [0.5, 0.6) is 0 Å². The minimum absolute atomic E-state index is 0.140. The first kappa shape index (κ1) is 10.7. The van der Waals surface area contributed by atoms with E-state index in [1.807, 2.05) is 0 Å². The highest BCUT2D eigenvalue weighted by molar-refractivity contribution is 5.64. The maximum Gasteiger partial charge on any atom is 0.404 e. The zero-order valence-electron chi connectivity index (χ0n) is 8.82. The van der Waals surface area contributed by atoms with Crippen molar-refractivity contribution < 1.29 is 14.6 Å². The third-order valence-corrected chi connectivity index (χ3v) is 3.28. The molecule has 0 radical (unpaired) electrons. The smallest absolute Gasteiger partial charge is 0.404 e. The van der Waals surface area contributed by atoms with Gasteiger partial charge in [-0.15, -0.1) is 0 Å². The summed E-state index contributed by atoms with van der Waals surface area (Å²) in [6.07, 6.45) is 2.06. The molecule has 2 saturated heterocycles. The number of ether oxygens (including phenoxy) is 1. The lowest BCUT2D eigenvalue weighted by atomic mass is 10.0. The molecule has 0 saturated carbocycles. The van der Waals surface area contributed by atoms with Crippen molar-refractivity contribution in [2.24, 2.45) is 0 Å². The van der Waals surface area contributed by atoms with Crippen LogP contribution in [0, 0.1) is 0 Å². The molecule has 1 amide bonds. The monoisotopic (exact) mass is 214 g/mol. The second-order valence-corrected chi connectivity index (χ2v) is 4.28. The van der Waals surface area contributed by atoms with Gasteiger partial charge >= 0.3 is 6.09 Å². The van der Waals surface area contributed by atoms with Crippen LogP contribution in [0.2, 0.25) is 0 Å². The molecule has 0 bridgehead atoms. The number of carboxylic acid groups (broad SMARTS) is 1. The number of carbonyl (C=O) groups is 1. The van der Waals surface area contributed by atoms with E-state index in [-0.39, 0.29) is 6.04 Å². The van der Waals surface area contributed by atoms with E-state index in [0.717, 1.165) is 45.6 Å². The fraction of sp³-hybridized carbons (Fsp3) is 0.900. The van der Waals surface area contributed by atoms with Gasteiger partial charge in [0.15, 0.2) is 0 Å². The van der Waals surface area contributed by atoms with Crippen LogP contribution < -0.4 is 5.32 Å². The first-order chi connectivity index (χ1) is 7.25. The van der Waals surface area contributed by atoms with E-state index < -0.39 is 6.09 Å². The first-order valence-corrected chi connectivity index (χ1v) is 5.57. The zero-order valence-corrected chi connectivity index (χ0v) is 8.82. The summed E-state index contributed by atoms with van der Waals surface area (Å²) < 4.78 is 5.35. The molecule has 0 aromatic rings. The fourth-order valence-electron chi connectivity index (χ4n) is 2.39. The second kappa shape index (κ2) is 4.81. The summed E-state index contributed by atoms with van der Waals surface area (Å²) in [6, 6.07) is 0.705. The van der Waals surface area contributed by atoms with Gasteiger partial charge in [0.25, 0.3) is 0 Å². The molecule has 2 rings (SSSR count). The van der Waals surface area contributed by atoms with Crippen molar-refractivity contribution >= 4 is 6.09 Å². The topological polar surface area (TPSA) is 61.8 Å². The molecule has 15 heavy (non-hydrogen) atoms. The van der Waals surface area contributed by atoms with Gasteiger partial charge in [0.2, 0.25) is 0 Å². The van der Waals surface area contributed by atoms with Crippen LogP contribution in [0.3, 0.4) is 0 Å². The van der Waals surface area contributed by atoms with Crippen LogP contribution in [0.15, 0.2) is 0 Å². The minimum Gasteiger partial charge on any atom is -0.465 e. The Balaban J connectivity index is 1.73. The molecule has 86 valence electrons. The Morgan fingerprint density at radius 1 is 1.33 bits per heavy atom. The number of nitrogens with zero attached hydrogens (tertiary/aromatic N) is 1. The standard InChI is InChI=1S/C10H18N2O3/c13-10(14)11-8-1-4-12(5-2-8)9-3-6-15-7-9/h8-9,11H,1-7H2,(H,13,14). The predicted molar refractivity (Wildman–Crippen MR) is 55.0 cm³/mol. The van der Waals surface area contributed by atoms with Crippen molar-refractivity contribution in [3.8, 4) is 0 Å². The summed E-state index contributed by atoms with van der Waals surface area (Å²) in [5.74, 6) is 0. The van der Waals surface area contributed by atoms with Crippen molar-refractivity contribution in [1.29, 1.82) is 0 Å². The maximum absolute atomic E-state index is 10.5. The van der Waals surface area contributed by atoms with E-state index >= 15 is 0 Å². The van der Waals surface area contributed by atoms with Crippen LogP contribution in [0.4, 0.5) is 4.79 Å². The van der Waals surface area contributed by atoms with Gasteiger partial charge in [-0.2, -0.15) is 0 Å². The Labute approximate surface area is 89.4 Å². The van der Waals surface area contributed by atoms with Gasteiger partial charge in [-0.25, -0.2) is 4.79 Å². The molecule has 2 aliphatic rings. The molecule has 0 aliphatic carbocycles. The molecule has 2 aliphatic heterocycles. The third kappa shape index (κ3) is 2.82. The number of amides is 1. The molecular formula is C10H18N2O3. The van der Waals surface area contributed by atoms with Crippen LogP contribution in [-0.2, 0) is 4.74 Å². The fourth-order valence-corrected chi connectivity index (χ4v) is 2.39. The van der Waals surface area contributed by atoms with E-state index in [1.165, 1.54) is 0 Å². The van der Waals surface area contributed by atoms with Crippen molar-refractivity contribution in [3.05, 3.63) is 0 Å². The number of rotatable bonds is 2. The van der Waals surface area contributed by atoms with Crippen LogP contribution in [0.25, 0.3) is 0 Å². The van der Waals surface area contributed by atoms with Gasteiger partial charge < -0.3 is 15.2 Å². The molecule has 2 N–H and O–H groups in total. The lowest BCUT2D eigenvalue weighted by Crippen LogP contribution is -2.47. The molecule has 0 spiro atoms. The average Bonchev–Trinajstić information content (AvgIpc) is 2.71. The summed E-state index contributed by atoms with van der Waals surface area (Å²) in [5.41, 5.74) is 0. The van der Waals surface area contributed by atoms with Gasteiger partial charge in [-0.05, 0) is 19.3 Å². The zero-order chi connectivity index (χ0) is 10.7. The van der Waals surface area contributed by atoms with Gasteiger partial charge in [0.1, 0.15) is 0 Å². The molecule has 2 fully saturated rings. The lowest BCUT2D eigenvalue weighted by Gasteiger charge is -2.35. The molecule has 5 nitrogen and oxygen atoms in total. The molecule has 0 aromatic carbocycles. The summed E-state index contributed by atoms with van der Waals surface area (Å²) in [7, 11) is 0. The lowest BCUT2D eigenvalue weighted by molar-refractivity contribution is 0.115. The quantitative estimate of drug-likeness (QED) is 0.703. The third-order valence-electron chi connectivity index (χ3n) is 3.28. The normalized spacial score (nSPS) is 29.2. The molecule has 1 unspecified atom stereocenters. The van der Waals surface area contributed by atoms with Crippen molar-refractivity contribution in [3.63, 3.8) is 0 Å². The van der Waals surface area contributed by atoms with E-state index in [0.29, 0.717) is 6.04 Å². The number of likely N-dealkylation sites (tertiary alicyclic amines) is 1. The summed E-state index contributed by atoms with van der Waals surface area (Å²) in [5, 5.41) is 11.1. The summed E-state index contributed by atoms with van der Waals surface area (Å²) in [6.45, 7) is 3.69. The Kier molecular flexibility index (Phi) is 3.43. The highest BCUT2D eigenvalue weighted by atomic mass is 16.5. The Morgan fingerprint density at radius 3 is 2.60 bits per heavy atom. The molecule has 0 aromatic heterocycles. The van der Waals surface area contributed by atoms with E-state index in [4.69, 9.17) is 9.84 Å². The average molecular weight is 214 g/mol. The molecular weight excluding hydrogens is 196 g/mol. The van der Waals surface area contributed by atoms with Crippen LogP contribution in [0.1, 0.15) is 19.3 Å². The molecule has 1 atom stereocenters. The Bertz CT molecular complexity index is 221. The Morgan fingerprint density at radius 2 is 2.07 bits per heavy atom. The minimum atomic E-state index is -0.905. The van der Waals surface area contributed by atoms with Crippen molar-refractivity contribution in [1.82, 2.24) is 10.2 Å². The van der Waals surface area contributed by atoms with E-state index in [9.17, 15) is 4.79 Å². The molecule has 2 heterocycles. The van der Waals surface area contributed by atoms with E-state index in [1.54, 1.807) is 0 Å². The summed E-state index contributed by atoms with van der Waals surface area (Å²) >= 11 is 0. The number of nitrogens with one attached hydrogen (secondary N) is 1. The molecule has 5 heteroatoms. The maximum atomic E-state index is 10.5. The highest BCUT2D eigenvalue weighted by Gasteiger charge is 2.27. The largest absolute Gasteiger partial charge is 0.465 e. The van der Waals surface area contributed by atoms with Gasteiger partial charge in [0, 0.05) is 31.8 Å². The van der Waals surface area contributed by atoms with Gasteiger partial charge in [0.05, 0.1) is 6.61 Å². The summed E-state index contributed by atoms with van der Waals surface area (Å²) in [4.78, 5) is 12.9. The second-order valence-electron chi connectivity index (χ2n) is 4.28. The highest BCUT2D eigenvalue weighted by Crippen LogP contribution is 2.18. The van der Waals surface area contributed by atoms with Gasteiger partial charge in [-0.3, -0.25) is 4.90 Å². The predicted octanol–water partition coefficient (Wildman–Crippen LogP) is 0.507. The van der Waals surface area contributed by atoms with Crippen molar-refractivity contribution in [2.75, 3.05) is 26.3 Å². The van der Waals surface area contributed by atoms with Crippen molar-refractivity contribution in [2.45, 2.75) is 31.3 Å². The van der Waals surface area contributed by atoms with Crippen LogP contribution in [-0.4, -0.2) is 54.5 Å². The number of hydrogen-bond donors (Lipinski definition) is 2. The van der Waals surface area contributed by atoms with Crippen LogP contribution >= 0.6 is 0 Å². The first-order valence-electron chi connectivity index (χ1n) is 5.57. The Hall–Kier alpha value is -0.810.